The van der Waals surface area contributed by atoms with Gasteiger partial charge in [-0.2, -0.15) is 0 Å². The number of nitrogens with zero attached hydrogens (tertiary/aromatic N) is 2. The maximum absolute atomic E-state index is 6.37. The summed E-state index contributed by atoms with van der Waals surface area (Å²) >= 11 is 0. The summed E-state index contributed by atoms with van der Waals surface area (Å²) in [5.41, 5.74) is 12.7. The van der Waals surface area contributed by atoms with Crippen molar-refractivity contribution in [3.8, 4) is 0 Å². The molecule has 1 aliphatic rings. The minimum Gasteiger partial charge on any atom is -0.482 e. The van der Waals surface area contributed by atoms with Gasteiger partial charge in [0.1, 0.15) is 5.66 Å². The molecule has 92 valence electrons. The molecule has 0 saturated heterocycles. The first-order chi connectivity index (χ1) is 7.97. The smallest absolute Gasteiger partial charge is 0.220 e. The van der Waals surface area contributed by atoms with Gasteiger partial charge in [-0.25, -0.2) is 9.97 Å². The maximum atomic E-state index is 6.37. The molecule has 0 aromatic carbocycles. The lowest BCUT2D eigenvalue weighted by molar-refractivity contribution is 0.176. The number of ether oxygens (including phenoxy) is 1. The fourth-order valence-corrected chi connectivity index (χ4v) is 1.81. The molecular formula is C11H17N5O. The van der Waals surface area contributed by atoms with Crippen LogP contribution in [0.4, 0.5) is 5.95 Å². The molecule has 6 nitrogen and oxygen atoms in total. The van der Waals surface area contributed by atoms with Crippen molar-refractivity contribution in [2.24, 2.45) is 11.7 Å². The van der Waals surface area contributed by atoms with E-state index in [9.17, 15) is 0 Å². The van der Waals surface area contributed by atoms with E-state index in [1.807, 2.05) is 19.9 Å². The van der Waals surface area contributed by atoms with Crippen LogP contribution in [0.15, 0.2) is 12.1 Å². The number of hydrogen-bond acceptors (Lipinski definition) is 6. The van der Waals surface area contributed by atoms with Crippen LogP contribution >= 0.6 is 0 Å². The van der Waals surface area contributed by atoms with Crippen LogP contribution in [0.2, 0.25) is 0 Å². The Morgan fingerprint density at radius 1 is 1.47 bits per heavy atom. The number of hydrogen-bond donors (Lipinski definition) is 3. The minimum absolute atomic E-state index is 0.120. The Kier molecular flexibility index (Phi) is 2.66. The maximum Gasteiger partial charge on any atom is 0.220 e. The Morgan fingerprint density at radius 2 is 2.18 bits per heavy atom. The summed E-state index contributed by atoms with van der Waals surface area (Å²) in [6.07, 6.45) is 3.46. The van der Waals surface area contributed by atoms with E-state index in [1.54, 1.807) is 13.3 Å². The van der Waals surface area contributed by atoms with Crippen molar-refractivity contribution in [1.29, 1.82) is 0 Å². The molecule has 2 heterocycles. The number of nitrogens with one attached hydrogen (secondary N) is 1. The molecule has 0 amide bonds. The molecule has 0 spiro atoms. The molecule has 0 aliphatic carbocycles. The van der Waals surface area contributed by atoms with Crippen molar-refractivity contribution in [2.45, 2.75) is 19.5 Å². The number of anilines is 1. The Labute approximate surface area is 100 Å². The lowest BCUT2D eigenvalue weighted by Crippen LogP contribution is -2.56. The summed E-state index contributed by atoms with van der Waals surface area (Å²) in [5, 5.41) is 3.13. The average molecular weight is 235 g/mol. The van der Waals surface area contributed by atoms with E-state index in [1.165, 1.54) is 0 Å². The van der Waals surface area contributed by atoms with Gasteiger partial charge in [0.15, 0.2) is 5.88 Å². The van der Waals surface area contributed by atoms with Crippen LogP contribution in [0.25, 0.3) is 6.08 Å². The number of methoxy groups -OCH3 is 1. The lowest BCUT2D eigenvalue weighted by atomic mass is 9.88. The fraction of sp³-hybridized carbons (Fsp3) is 0.455. The van der Waals surface area contributed by atoms with E-state index in [0.717, 1.165) is 5.56 Å². The van der Waals surface area contributed by atoms with Gasteiger partial charge >= 0.3 is 0 Å². The van der Waals surface area contributed by atoms with Crippen LogP contribution in [-0.4, -0.2) is 17.1 Å². The Balaban J connectivity index is 2.61. The first-order valence-electron chi connectivity index (χ1n) is 5.43. The molecule has 5 N–H and O–H groups in total. The molecule has 2 rings (SSSR count). The summed E-state index contributed by atoms with van der Waals surface area (Å²) in [5.74, 6) is 0.937. The second-order valence-corrected chi connectivity index (χ2v) is 4.39. The van der Waals surface area contributed by atoms with Gasteiger partial charge < -0.3 is 21.5 Å². The minimum atomic E-state index is -0.799. The van der Waals surface area contributed by atoms with Crippen molar-refractivity contribution in [2.75, 3.05) is 12.8 Å². The van der Waals surface area contributed by atoms with Gasteiger partial charge in [0, 0.05) is 17.8 Å². The molecule has 0 saturated carbocycles. The number of nitrogen functional groups attached to an aromatic ring is 1. The van der Waals surface area contributed by atoms with Crippen molar-refractivity contribution in [1.82, 2.24) is 15.3 Å². The monoisotopic (exact) mass is 235 g/mol. The Hall–Kier alpha value is -1.82. The highest BCUT2D eigenvalue weighted by Crippen LogP contribution is 2.31. The van der Waals surface area contributed by atoms with Gasteiger partial charge in [0.05, 0.1) is 12.8 Å². The zero-order valence-electron chi connectivity index (χ0n) is 10.2. The summed E-state index contributed by atoms with van der Waals surface area (Å²) in [7, 11) is 1.59. The van der Waals surface area contributed by atoms with Crippen LogP contribution in [-0.2, 0) is 10.4 Å². The van der Waals surface area contributed by atoms with E-state index in [2.05, 4.69) is 15.3 Å². The van der Waals surface area contributed by atoms with E-state index in [4.69, 9.17) is 16.2 Å². The second-order valence-electron chi connectivity index (χ2n) is 4.39. The molecule has 1 atom stereocenters. The summed E-state index contributed by atoms with van der Waals surface area (Å²) < 4.78 is 5.21. The van der Waals surface area contributed by atoms with E-state index < -0.39 is 5.66 Å². The molecule has 0 fully saturated rings. The number of fused-ring (bicyclic) bond motifs is 1. The normalized spacial score (nSPS) is 22.8. The molecule has 6 heteroatoms. The zero-order chi connectivity index (χ0) is 12.6. The molecule has 1 aromatic heterocycles. The van der Waals surface area contributed by atoms with Gasteiger partial charge in [0.25, 0.3) is 0 Å². The SMILES string of the molecule is COC1=Cc2cnc(N)nc2C(N)(C(C)C)N1. The van der Waals surface area contributed by atoms with Gasteiger partial charge in [-0.1, -0.05) is 13.8 Å². The number of aromatic nitrogens is 2. The van der Waals surface area contributed by atoms with Gasteiger partial charge in [-0.3, -0.25) is 0 Å². The summed E-state index contributed by atoms with van der Waals surface area (Å²) in [6.45, 7) is 4.02. The van der Waals surface area contributed by atoms with Crippen LogP contribution in [0.3, 0.4) is 0 Å². The molecule has 0 bridgehead atoms. The van der Waals surface area contributed by atoms with Gasteiger partial charge in [-0.05, 0) is 5.92 Å². The highest BCUT2D eigenvalue weighted by molar-refractivity contribution is 5.58. The molecule has 17 heavy (non-hydrogen) atoms. The standard InChI is InChI=1S/C11H17N5O/c1-6(2)11(13)9-7(4-8(16-11)17-3)5-14-10(12)15-9/h4-6,16H,13H2,1-3H3,(H2,12,14,15). The molecule has 0 radical (unpaired) electrons. The molecular weight excluding hydrogens is 218 g/mol. The first kappa shape index (κ1) is 11.7. The third-order valence-electron chi connectivity index (χ3n) is 2.97. The quantitative estimate of drug-likeness (QED) is 0.685. The number of rotatable bonds is 2. The predicted molar refractivity (Wildman–Crippen MR) is 65.3 cm³/mol. The molecule has 1 aliphatic heterocycles. The lowest BCUT2D eigenvalue weighted by Gasteiger charge is -2.38. The summed E-state index contributed by atoms with van der Waals surface area (Å²) in [6, 6.07) is 0. The molecule has 1 unspecified atom stereocenters. The highest BCUT2D eigenvalue weighted by Gasteiger charge is 2.38. The van der Waals surface area contributed by atoms with Crippen LogP contribution in [0, 0.1) is 5.92 Å². The number of nitrogens with two attached hydrogens (primary N) is 2. The third kappa shape index (κ3) is 1.80. The Bertz CT molecular complexity index is 471. The average Bonchev–Trinajstić information content (AvgIpc) is 2.29. The Morgan fingerprint density at radius 3 is 2.76 bits per heavy atom. The first-order valence-corrected chi connectivity index (χ1v) is 5.43. The van der Waals surface area contributed by atoms with E-state index in [0.29, 0.717) is 11.6 Å². The van der Waals surface area contributed by atoms with Crippen molar-refractivity contribution in [3.63, 3.8) is 0 Å². The van der Waals surface area contributed by atoms with Gasteiger partial charge in [-0.15, -0.1) is 0 Å². The van der Waals surface area contributed by atoms with Crippen LogP contribution in [0.5, 0.6) is 0 Å². The highest BCUT2D eigenvalue weighted by atomic mass is 16.5. The van der Waals surface area contributed by atoms with Crippen LogP contribution in [0.1, 0.15) is 25.1 Å². The van der Waals surface area contributed by atoms with Crippen molar-refractivity contribution < 1.29 is 4.74 Å². The van der Waals surface area contributed by atoms with Crippen molar-refractivity contribution >= 4 is 12.0 Å². The topological polar surface area (TPSA) is 99.1 Å². The summed E-state index contributed by atoms with van der Waals surface area (Å²) in [4.78, 5) is 8.21. The fourth-order valence-electron chi connectivity index (χ4n) is 1.81. The largest absolute Gasteiger partial charge is 0.482 e. The van der Waals surface area contributed by atoms with E-state index >= 15 is 0 Å². The molecule has 1 aromatic rings. The van der Waals surface area contributed by atoms with Gasteiger partial charge in [0.2, 0.25) is 5.95 Å². The van der Waals surface area contributed by atoms with Crippen molar-refractivity contribution in [3.05, 3.63) is 23.3 Å². The second kappa shape index (κ2) is 3.89. The zero-order valence-corrected chi connectivity index (χ0v) is 10.2. The van der Waals surface area contributed by atoms with E-state index in [-0.39, 0.29) is 11.9 Å². The predicted octanol–water partition coefficient (Wildman–Crippen LogP) is 0.374. The van der Waals surface area contributed by atoms with Crippen LogP contribution < -0.4 is 16.8 Å². The third-order valence-corrected chi connectivity index (χ3v) is 2.97.